The highest BCUT2D eigenvalue weighted by Gasteiger charge is 2.23. The molecule has 0 fully saturated rings. The van der Waals surface area contributed by atoms with Gasteiger partial charge in [0, 0.05) is 10.6 Å². The number of halogens is 1. The number of carbonyl (C=O) groups excluding carboxylic acids is 1. The van der Waals surface area contributed by atoms with Crippen LogP contribution in [0.4, 0.5) is 0 Å². The van der Waals surface area contributed by atoms with Crippen LogP contribution < -0.4 is 19.6 Å². The Morgan fingerprint density at radius 3 is 2.22 bits per heavy atom. The largest absolute Gasteiger partial charge is 0.502 e. The number of para-hydroxylation sites is 1. The molecule has 8 heteroatoms. The molecule has 0 saturated heterocycles. The van der Waals surface area contributed by atoms with E-state index in [1.54, 1.807) is 48.5 Å². The second kappa shape index (κ2) is 8.64. The summed E-state index contributed by atoms with van der Waals surface area (Å²) in [5, 5.41) is 10.8. The molecule has 162 valence electrons. The monoisotopic (exact) mass is 452 g/mol. The first-order valence-corrected chi connectivity index (χ1v) is 9.79. The lowest BCUT2D eigenvalue weighted by Crippen LogP contribution is -2.16. The SMILES string of the molecule is COc1cc(C(=O)Oc2c(-c3ccc(Cl)cc3)oc3ccccc3c2=O)cc(OC)c1O. The molecular weight excluding hydrogens is 436 g/mol. The number of carbonyl (C=O) groups is 1. The van der Waals surface area contributed by atoms with Crippen LogP contribution in [-0.4, -0.2) is 25.3 Å². The topological polar surface area (TPSA) is 95.2 Å². The number of aromatic hydroxyl groups is 1. The summed E-state index contributed by atoms with van der Waals surface area (Å²) in [5.74, 6) is -1.30. The van der Waals surface area contributed by atoms with E-state index in [9.17, 15) is 14.7 Å². The van der Waals surface area contributed by atoms with Gasteiger partial charge in [-0.15, -0.1) is 0 Å². The van der Waals surface area contributed by atoms with Gasteiger partial charge in [-0.25, -0.2) is 4.79 Å². The van der Waals surface area contributed by atoms with Gasteiger partial charge in [0.15, 0.2) is 17.3 Å². The molecule has 4 aromatic rings. The minimum Gasteiger partial charge on any atom is -0.502 e. The second-order valence-electron chi connectivity index (χ2n) is 6.71. The third-order valence-electron chi connectivity index (χ3n) is 4.77. The van der Waals surface area contributed by atoms with E-state index < -0.39 is 11.4 Å². The van der Waals surface area contributed by atoms with Crippen LogP contribution in [-0.2, 0) is 0 Å². The molecule has 0 aliphatic carbocycles. The van der Waals surface area contributed by atoms with Gasteiger partial charge in [0.05, 0.1) is 25.2 Å². The molecule has 0 radical (unpaired) electrons. The lowest BCUT2D eigenvalue weighted by molar-refractivity contribution is 0.0730. The Bertz CT molecular complexity index is 1350. The van der Waals surface area contributed by atoms with E-state index in [1.165, 1.54) is 26.4 Å². The van der Waals surface area contributed by atoms with Crippen LogP contribution in [0.15, 0.2) is 69.9 Å². The Hall–Kier alpha value is -3.97. The number of ether oxygens (including phenoxy) is 3. The lowest BCUT2D eigenvalue weighted by Gasteiger charge is -2.13. The van der Waals surface area contributed by atoms with Gasteiger partial charge in [-0.05, 0) is 48.5 Å². The number of fused-ring (bicyclic) bond motifs is 1. The molecule has 0 amide bonds. The fraction of sp³-hybridized carbons (Fsp3) is 0.0833. The number of esters is 1. The normalized spacial score (nSPS) is 10.7. The molecule has 32 heavy (non-hydrogen) atoms. The highest BCUT2D eigenvalue weighted by Crippen LogP contribution is 2.38. The van der Waals surface area contributed by atoms with E-state index in [-0.39, 0.29) is 39.7 Å². The molecule has 0 aliphatic rings. The number of phenolic OH excluding ortho intramolecular Hbond substituents is 1. The van der Waals surface area contributed by atoms with E-state index in [2.05, 4.69) is 0 Å². The highest BCUT2D eigenvalue weighted by atomic mass is 35.5. The molecule has 1 N–H and O–H groups in total. The minimum absolute atomic E-state index is 0.00566. The van der Waals surface area contributed by atoms with Crippen molar-refractivity contribution in [2.24, 2.45) is 0 Å². The molecule has 0 atom stereocenters. The van der Waals surface area contributed by atoms with Crippen molar-refractivity contribution in [1.29, 1.82) is 0 Å². The molecule has 7 nitrogen and oxygen atoms in total. The fourth-order valence-corrected chi connectivity index (χ4v) is 3.30. The molecule has 0 unspecified atom stereocenters. The van der Waals surface area contributed by atoms with Crippen LogP contribution in [0.1, 0.15) is 10.4 Å². The van der Waals surface area contributed by atoms with Crippen molar-refractivity contribution in [2.45, 2.75) is 0 Å². The molecule has 0 spiro atoms. The molecule has 4 rings (SSSR count). The Morgan fingerprint density at radius 2 is 1.59 bits per heavy atom. The summed E-state index contributed by atoms with van der Waals surface area (Å²) in [6.45, 7) is 0. The molecule has 0 aliphatic heterocycles. The van der Waals surface area contributed by atoms with Crippen molar-refractivity contribution in [1.82, 2.24) is 0 Å². The van der Waals surface area contributed by atoms with Crippen molar-refractivity contribution < 1.29 is 28.5 Å². The number of rotatable bonds is 5. The van der Waals surface area contributed by atoms with Gasteiger partial charge in [-0.3, -0.25) is 4.79 Å². The van der Waals surface area contributed by atoms with Crippen LogP contribution in [0.2, 0.25) is 5.02 Å². The number of hydrogen-bond acceptors (Lipinski definition) is 7. The maximum atomic E-state index is 13.2. The van der Waals surface area contributed by atoms with Crippen LogP contribution in [0.3, 0.4) is 0 Å². The van der Waals surface area contributed by atoms with Gasteiger partial charge in [-0.2, -0.15) is 0 Å². The summed E-state index contributed by atoms with van der Waals surface area (Å²) < 4.78 is 21.6. The molecule has 1 heterocycles. The average molecular weight is 453 g/mol. The third kappa shape index (κ3) is 3.86. The zero-order valence-electron chi connectivity index (χ0n) is 17.0. The predicted octanol–water partition coefficient (Wildman–Crippen LogP) is 5.06. The van der Waals surface area contributed by atoms with Crippen molar-refractivity contribution in [3.8, 4) is 34.3 Å². The maximum absolute atomic E-state index is 13.2. The van der Waals surface area contributed by atoms with Gasteiger partial charge in [-0.1, -0.05) is 23.7 Å². The van der Waals surface area contributed by atoms with Gasteiger partial charge >= 0.3 is 5.97 Å². The summed E-state index contributed by atoms with van der Waals surface area (Å²) in [6, 6.07) is 15.8. The van der Waals surface area contributed by atoms with E-state index in [0.29, 0.717) is 16.2 Å². The first-order chi connectivity index (χ1) is 15.4. The zero-order chi connectivity index (χ0) is 22.8. The zero-order valence-corrected chi connectivity index (χ0v) is 17.8. The predicted molar refractivity (Wildman–Crippen MR) is 119 cm³/mol. The number of methoxy groups -OCH3 is 2. The first kappa shape index (κ1) is 21.3. The van der Waals surface area contributed by atoms with Crippen LogP contribution in [0.25, 0.3) is 22.3 Å². The molecule has 3 aromatic carbocycles. The summed E-state index contributed by atoms with van der Waals surface area (Å²) in [4.78, 5) is 26.2. The Morgan fingerprint density at radius 1 is 0.969 bits per heavy atom. The third-order valence-corrected chi connectivity index (χ3v) is 5.02. The average Bonchev–Trinajstić information content (AvgIpc) is 2.81. The maximum Gasteiger partial charge on any atom is 0.344 e. The van der Waals surface area contributed by atoms with E-state index in [4.69, 9.17) is 30.2 Å². The summed E-state index contributed by atoms with van der Waals surface area (Å²) in [5.41, 5.74) is 0.338. The summed E-state index contributed by atoms with van der Waals surface area (Å²) in [7, 11) is 2.67. The smallest absolute Gasteiger partial charge is 0.344 e. The van der Waals surface area contributed by atoms with E-state index in [1.807, 2.05) is 0 Å². The molecule has 0 bridgehead atoms. The molecule has 1 aromatic heterocycles. The summed E-state index contributed by atoms with van der Waals surface area (Å²) >= 11 is 5.98. The quantitative estimate of drug-likeness (QED) is 0.423. The van der Waals surface area contributed by atoms with E-state index in [0.717, 1.165) is 0 Å². The Balaban J connectivity index is 1.86. The number of benzene rings is 3. The van der Waals surface area contributed by atoms with E-state index >= 15 is 0 Å². The number of phenols is 1. The van der Waals surface area contributed by atoms with Gasteiger partial charge in [0.1, 0.15) is 5.58 Å². The van der Waals surface area contributed by atoms with Crippen molar-refractivity contribution >= 4 is 28.5 Å². The van der Waals surface area contributed by atoms with Crippen LogP contribution >= 0.6 is 11.6 Å². The second-order valence-corrected chi connectivity index (χ2v) is 7.15. The number of hydrogen-bond donors (Lipinski definition) is 1. The lowest BCUT2D eigenvalue weighted by atomic mass is 10.1. The Kier molecular flexibility index (Phi) is 5.75. The fourth-order valence-electron chi connectivity index (χ4n) is 3.17. The van der Waals surface area contributed by atoms with Crippen molar-refractivity contribution in [2.75, 3.05) is 14.2 Å². The molecule has 0 saturated carbocycles. The first-order valence-electron chi connectivity index (χ1n) is 9.42. The highest BCUT2D eigenvalue weighted by molar-refractivity contribution is 6.30. The van der Waals surface area contributed by atoms with Gasteiger partial charge in [0.2, 0.25) is 16.9 Å². The van der Waals surface area contributed by atoms with Crippen molar-refractivity contribution in [3.05, 3.63) is 81.5 Å². The molecular formula is C24H17ClO7. The van der Waals surface area contributed by atoms with Crippen LogP contribution in [0, 0.1) is 0 Å². The Labute approximate surface area is 187 Å². The van der Waals surface area contributed by atoms with Gasteiger partial charge in [0.25, 0.3) is 0 Å². The van der Waals surface area contributed by atoms with Crippen LogP contribution in [0.5, 0.6) is 23.0 Å². The van der Waals surface area contributed by atoms with Crippen molar-refractivity contribution in [3.63, 3.8) is 0 Å². The standard InChI is InChI=1S/C24H17ClO7/c1-29-18-11-14(12-19(30-2)21(18)27)24(28)32-23-20(26)16-5-3-4-6-17(16)31-22(23)13-7-9-15(25)10-8-13/h3-12,27H,1-2H3. The minimum atomic E-state index is -0.862. The summed E-state index contributed by atoms with van der Waals surface area (Å²) in [6.07, 6.45) is 0. The van der Waals surface area contributed by atoms with Gasteiger partial charge < -0.3 is 23.7 Å².